The second-order valence-corrected chi connectivity index (χ2v) is 8.28. The van der Waals surface area contributed by atoms with Gasteiger partial charge in [-0.3, -0.25) is 9.36 Å². The lowest BCUT2D eigenvalue weighted by Crippen LogP contribution is -2.32. The fourth-order valence-electron chi connectivity index (χ4n) is 3.86. The van der Waals surface area contributed by atoms with E-state index in [0.717, 1.165) is 42.4 Å². The van der Waals surface area contributed by atoms with E-state index in [-0.39, 0.29) is 11.7 Å². The maximum absolute atomic E-state index is 13.0. The number of benzene rings is 1. The van der Waals surface area contributed by atoms with E-state index >= 15 is 0 Å². The van der Waals surface area contributed by atoms with Crippen LogP contribution in [-0.4, -0.2) is 52.5 Å². The van der Waals surface area contributed by atoms with Gasteiger partial charge in [0.05, 0.1) is 23.6 Å². The minimum Gasteiger partial charge on any atom is -0.376 e. The smallest absolute Gasteiger partial charge is 0.262 e. The topological polar surface area (TPSA) is 47.4 Å². The molecule has 2 aromatic rings. The third-order valence-corrected chi connectivity index (χ3v) is 6.28. The predicted octanol–water partition coefficient (Wildman–Crippen LogP) is 3.15. The number of hydrogen-bond donors (Lipinski definition) is 0. The summed E-state index contributed by atoms with van der Waals surface area (Å²) in [5, 5.41) is 1.53. The first-order chi connectivity index (χ1) is 12.8. The van der Waals surface area contributed by atoms with Crippen molar-refractivity contribution in [1.82, 2.24) is 14.5 Å². The van der Waals surface area contributed by atoms with Gasteiger partial charge >= 0.3 is 0 Å². The van der Waals surface area contributed by atoms with E-state index in [4.69, 9.17) is 9.72 Å². The highest BCUT2D eigenvalue weighted by atomic mass is 32.2. The van der Waals surface area contributed by atoms with E-state index in [9.17, 15) is 4.79 Å². The van der Waals surface area contributed by atoms with Crippen molar-refractivity contribution in [2.24, 2.45) is 0 Å². The van der Waals surface area contributed by atoms with Gasteiger partial charge in [0.2, 0.25) is 0 Å². The molecule has 0 aliphatic carbocycles. The molecule has 2 fully saturated rings. The molecular weight excluding hydrogens is 346 g/mol. The Bertz CT molecular complexity index is 795. The van der Waals surface area contributed by atoms with Gasteiger partial charge in [-0.25, -0.2) is 4.98 Å². The number of nitrogens with zero attached hydrogens (tertiary/aromatic N) is 3. The monoisotopic (exact) mass is 373 g/mol. The number of para-hydroxylation sites is 1. The summed E-state index contributed by atoms with van der Waals surface area (Å²) in [5.74, 6) is 0.969. The molecule has 0 bridgehead atoms. The number of hydrogen-bond acceptors (Lipinski definition) is 5. The van der Waals surface area contributed by atoms with Gasteiger partial charge in [0.25, 0.3) is 5.56 Å². The average molecular weight is 374 g/mol. The number of thioether (sulfide) groups is 1. The van der Waals surface area contributed by atoms with Gasteiger partial charge in [-0.05, 0) is 50.9 Å². The van der Waals surface area contributed by atoms with E-state index < -0.39 is 0 Å². The van der Waals surface area contributed by atoms with Crippen LogP contribution in [0.25, 0.3) is 10.9 Å². The van der Waals surface area contributed by atoms with Gasteiger partial charge in [0.1, 0.15) is 0 Å². The van der Waals surface area contributed by atoms with Crippen molar-refractivity contribution in [3.05, 3.63) is 34.6 Å². The average Bonchev–Trinajstić information content (AvgIpc) is 3.19. The molecule has 4 rings (SSSR count). The number of likely N-dealkylation sites (tertiary alicyclic amines) is 1. The largest absolute Gasteiger partial charge is 0.376 e. The molecule has 1 aromatic carbocycles. The molecule has 0 radical (unpaired) electrons. The van der Waals surface area contributed by atoms with Crippen LogP contribution in [0.5, 0.6) is 0 Å². The van der Waals surface area contributed by atoms with E-state index in [2.05, 4.69) is 4.90 Å². The molecule has 1 atom stereocenters. The summed E-state index contributed by atoms with van der Waals surface area (Å²) < 4.78 is 7.62. The zero-order valence-corrected chi connectivity index (χ0v) is 16.0. The lowest BCUT2D eigenvalue weighted by atomic mass is 10.1. The molecule has 0 N–H and O–H groups in total. The fraction of sp³-hybridized carbons (Fsp3) is 0.600. The molecule has 0 unspecified atom stereocenters. The Morgan fingerprint density at radius 2 is 2.00 bits per heavy atom. The van der Waals surface area contributed by atoms with Crippen molar-refractivity contribution in [3.63, 3.8) is 0 Å². The lowest BCUT2D eigenvalue weighted by molar-refractivity contribution is 0.0937. The van der Waals surface area contributed by atoms with Gasteiger partial charge in [-0.2, -0.15) is 0 Å². The first-order valence-corrected chi connectivity index (χ1v) is 10.8. The molecule has 6 heteroatoms. The summed E-state index contributed by atoms with van der Waals surface area (Å²) >= 11 is 1.71. The Labute approximate surface area is 158 Å². The molecule has 5 nitrogen and oxygen atoms in total. The van der Waals surface area contributed by atoms with Crippen LogP contribution in [0.4, 0.5) is 0 Å². The highest BCUT2D eigenvalue weighted by molar-refractivity contribution is 7.99. The molecule has 0 spiro atoms. The van der Waals surface area contributed by atoms with Gasteiger partial charge in [0.15, 0.2) is 5.16 Å². The van der Waals surface area contributed by atoms with E-state index in [1.807, 2.05) is 28.8 Å². The van der Waals surface area contributed by atoms with Gasteiger partial charge in [0, 0.05) is 18.9 Å². The first kappa shape index (κ1) is 18.0. The maximum Gasteiger partial charge on any atom is 0.262 e. The second kappa shape index (κ2) is 8.55. The van der Waals surface area contributed by atoms with Gasteiger partial charge in [-0.1, -0.05) is 30.3 Å². The Balaban J connectivity index is 1.55. The van der Waals surface area contributed by atoms with Crippen molar-refractivity contribution in [3.8, 4) is 0 Å². The third-order valence-electron chi connectivity index (χ3n) is 5.32. The van der Waals surface area contributed by atoms with Gasteiger partial charge < -0.3 is 9.64 Å². The molecule has 2 aliphatic heterocycles. The van der Waals surface area contributed by atoms with Crippen molar-refractivity contribution in [2.75, 3.05) is 32.0 Å². The zero-order chi connectivity index (χ0) is 17.8. The first-order valence-electron chi connectivity index (χ1n) is 9.77. The van der Waals surface area contributed by atoms with Crippen LogP contribution in [0.15, 0.2) is 34.2 Å². The van der Waals surface area contributed by atoms with Crippen LogP contribution in [0.2, 0.25) is 0 Å². The molecule has 2 saturated heterocycles. The standard InChI is InChI=1S/C20H27N3O2S/c24-19-17-8-2-3-9-18(17)21-20(23(19)15-16-7-6-13-25-16)26-14-12-22-10-4-1-5-11-22/h2-3,8-9,16H,1,4-7,10-15H2/t16-/m1/s1. The minimum atomic E-state index is 0.0616. The molecular formula is C20H27N3O2S. The number of rotatable bonds is 6. The van der Waals surface area contributed by atoms with Crippen LogP contribution < -0.4 is 5.56 Å². The fourth-order valence-corrected chi connectivity index (χ4v) is 4.87. The molecule has 0 saturated carbocycles. The summed E-state index contributed by atoms with van der Waals surface area (Å²) in [6.07, 6.45) is 6.22. The number of fused-ring (bicyclic) bond motifs is 1. The molecule has 0 amide bonds. The number of ether oxygens (including phenoxy) is 1. The Kier molecular flexibility index (Phi) is 5.92. The van der Waals surface area contributed by atoms with E-state index in [1.54, 1.807) is 11.8 Å². The zero-order valence-electron chi connectivity index (χ0n) is 15.2. The summed E-state index contributed by atoms with van der Waals surface area (Å²) in [6, 6.07) is 7.66. The predicted molar refractivity (Wildman–Crippen MR) is 106 cm³/mol. The van der Waals surface area contributed by atoms with Gasteiger partial charge in [-0.15, -0.1) is 0 Å². The van der Waals surface area contributed by atoms with Crippen LogP contribution >= 0.6 is 11.8 Å². The summed E-state index contributed by atoms with van der Waals surface area (Å²) in [7, 11) is 0. The van der Waals surface area contributed by atoms with E-state index in [0.29, 0.717) is 11.9 Å². The quantitative estimate of drug-likeness (QED) is 0.575. The molecule has 140 valence electrons. The number of aromatic nitrogens is 2. The highest BCUT2D eigenvalue weighted by Gasteiger charge is 2.20. The van der Waals surface area contributed by atoms with Crippen molar-refractivity contribution in [2.45, 2.75) is 49.9 Å². The minimum absolute atomic E-state index is 0.0616. The summed E-state index contributed by atoms with van der Waals surface area (Å²) in [4.78, 5) is 20.4. The number of piperidine rings is 1. The van der Waals surface area contributed by atoms with Crippen LogP contribution in [0, 0.1) is 0 Å². The summed E-state index contributed by atoms with van der Waals surface area (Å²) in [6.45, 7) is 4.89. The third kappa shape index (κ3) is 4.13. The SMILES string of the molecule is O=c1c2ccccc2nc(SCCN2CCCCC2)n1C[C@H]1CCCO1. The summed E-state index contributed by atoms with van der Waals surface area (Å²) in [5.41, 5.74) is 0.855. The molecule has 3 heterocycles. The van der Waals surface area contributed by atoms with Crippen molar-refractivity contribution in [1.29, 1.82) is 0 Å². The molecule has 2 aliphatic rings. The lowest BCUT2D eigenvalue weighted by Gasteiger charge is -2.26. The normalized spacial score (nSPS) is 21.5. The van der Waals surface area contributed by atoms with Crippen LogP contribution in [0.3, 0.4) is 0 Å². The highest BCUT2D eigenvalue weighted by Crippen LogP contribution is 2.21. The van der Waals surface area contributed by atoms with Crippen LogP contribution in [-0.2, 0) is 11.3 Å². The second-order valence-electron chi connectivity index (χ2n) is 7.21. The Hall–Kier alpha value is -1.37. The maximum atomic E-state index is 13.0. The van der Waals surface area contributed by atoms with Crippen molar-refractivity contribution < 1.29 is 4.74 Å². The Morgan fingerprint density at radius 1 is 1.15 bits per heavy atom. The molecule has 1 aromatic heterocycles. The van der Waals surface area contributed by atoms with E-state index in [1.165, 1.54) is 32.4 Å². The molecule has 26 heavy (non-hydrogen) atoms. The Morgan fingerprint density at radius 3 is 2.81 bits per heavy atom. The van der Waals surface area contributed by atoms with Crippen LogP contribution in [0.1, 0.15) is 32.1 Å². The van der Waals surface area contributed by atoms with Crippen molar-refractivity contribution >= 4 is 22.7 Å².